The van der Waals surface area contributed by atoms with Crippen LogP contribution in [-0.4, -0.2) is 34.9 Å². The first-order chi connectivity index (χ1) is 18.0. The lowest BCUT2D eigenvalue weighted by molar-refractivity contribution is -0.122. The van der Waals surface area contributed by atoms with Gasteiger partial charge in [-0.05, 0) is 48.4 Å². The Balaban J connectivity index is 1.42. The van der Waals surface area contributed by atoms with E-state index in [2.05, 4.69) is 0 Å². The molecule has 37 heavy (non-hydrogen) atoms. The second-order valence-corrected chi connectivity index (χ2v) is 10.5. The van der Waals surface area contributed by atoms with Crippen LogP contribution in [0.15, 0.2) is 71.6 Å². The molecule has 0 aromatic heterocycles. The van der Waals surface area contributed by atoms with Gasteiger partial charge in [-0.3, -0.25) is 9.69 Å². The van der Waals surface area contributed by atoms with E-state index < -0.39 is 0 Å². The van der Waals surface area contributed by atoms with Crippen LogP contribution in [0.3, 0.4) is 0 Å². The highest BCUT2D eigenvalue weighted by molar-refractivity contribution is 8.26. The maximum Gasteiger partial charge on any atom is 0.266 e. The second-order valence-electron chi connectivity index (χ2n) is 8.00. The predicted molar refractivity (Wildman–Crippen MR) is 155 cm³/mol. The Labute approximate surface area is 236 Å². The molecule has 192 valence electrons. The smallest absolute Gasteiger partial charge is 0.266 e. The number of para-hydroxylation sites is 1. The summed E-state index contributed by atoms with van der Waals surface area (Å²) in [6.07, 6.45) is 2.40. The van der Waals surface area contributed by atoms with Crippen LogP contribution in [-0.2, 0) is 11.3 Å². The summed E-state index contributed by atoms with van der Waals surface area (Å²) >= 11 is 19.4. The fraction of sp³-hybridized carbons (Fsp3) is 0.214. The zero-order chi connectivity index (χ0) is 26.2. The number of halogens is 2. The van der Waals surface area contributed by atoms with Crippen LogP contribution >= 0.6 is 47.2 Å². The van der Waals surface area contributed by atoms with Gasteiger partial charge >= 0.3 is 0 Å². The van der Waals surface area contributed by atoms with E-state index in [1.165, 1.54) is 11.8 Å². The molecule has 1 fully saturated rings. The minimum Gasteiger partial charge on any atom is -0.492 e. The molecule has 3 aromatic rings. The SMILES string of the molecule is CCOc1cc(/C=C2/SC(=S)N(Cc3ccccc3)C2=O)cc(Cl)c1OCCCOc1ccccc1Cl. The highest BCUT2D eigenvalue weighted by Gasteiger charge is 2.32. The molecule has 1 aliphatic heterocycles. The number of nitrogens with zero attached hydrogens (tertiary/aromatic N) is 1. The Morgan fingerprint density at radius 2 is 1.65 bits per heavy atom. The second kappa shape index (κ2) is 13.2. The lowest BCUT2D eigenvalue weighted by Crippen LogP contribution is -2.27. The summed E-state index contributed by atoms with van der Waals surface area (Å²) in [6.45, 7) is 3.57. The summed E-state index contributed by atoms with van der Waals surface area (Å²) in [5.74, 6) is 1.46. The first-order valence-corrected chi connectivity index (χ1v) is 13.7. The molecule has 1 saturated heterocycles. The first-order valence-electron chi connectivity index (χ1n) is 11.7. The lowest BCUT2D eigenvalue weighted by Gasteiger charge is -2.15. The third kappa shape index (κ3) is 7.20. The van der Waals surface area contributed by atoms with Crippen molar-refractivity contribution in [3.8, 4) is 17.2 Å². The number of ether oxygens (including phenoxy) is 3. The van der Waals surface area contributed by atoms with Crippen molar-refractivity contribution >= 4 is 63.5 Å². The van der Waals surface area contributed by atoms with E-state index in [1.807, 2.05) is 61.5 Å². The van der Waals surface area contributed by atoms with E-state index in [-0.39, 0.29) is 5.91 Å². The van der Waals surface area contributed by atoms with Crippen molar-refractivity contribution in [2.24, 2.45) is 0 Å². The van der Waals surface area contributed by atoms with Gasteiger partial charge in [0.25, 0.3) is 5.91 Å². The van der Waals surface area contributed by atoms with Gasteiger partial charge in [-0.1, -0.05) is 89.6 Å². The molecule has 1 heterocycles. The van der Waals surface area contributed by atoms with Gasteiger partial charge in [0.2, 0.25) is 0 Å². The minimum absolute atomic E-state index is 0.133. The summed E-state index contributed by atoms with van der Waals surface area (Å²) < 4.78 is 18.0. The number of carbonyl (C=O) groups excluding carboxylic acids is 1. The van der Waals surface area contributed by atoms with E-state index in [4.69, 9.17) is 49.6 Å². The number of hydrogen-bond donors (Lipinski definition) is 0. The van der Waals surface area contributed by atoms with Crippen molar-refractivity contribution in [3.63, 3.8) is 0 Å². The van der Waals surface area contributed by atoms with Crippen LogP contribution in [0.25, 0.3) is 6.08 Å². The van der Waals surface area contributed by atoms with E-state index >= 15 is 0 Å². The van der Waals surface area contributed by atoms with E-state index in [0.717, 1.165) is 11.1 Å². The van der Waals surface area contributed by atoms with Gasteiger partial charge in [-0.15, -0.1) is 0 Å². The maximum absolute atomic E-state index is 13.1. The Bertz CT molecular complexity index is 1300. The number of thioether (sulfide) groups is 1. The summed E-state index contributed by atoms with van der Waals surface area (Å²) in [5.41, 5.74) is 1.74. The monoisotopic (exact) mass is 573 g/mol. The Hall–Kier alpha value is -2.71. The molecule has 3 aromatic carbocycles. The highest BCUT2D eigenvalue weighted by Crippen LogP contribution is 2.39. The Kier molecular flexibility index (Phi) is 9.75. The average Bonchev–Trinajstić information content (AvgIpc) is 3.14. The van der Waals surface area contributed by atoms with Gasteiger partial charge in [0.05, 0.1) is 41.3 Å². The number of benzene rings is 3. The average molecular weight is 575 g/mol. The van der Waals surface area contributed by atoms with Gasteiger partial charge < -0.3 is 14.2 Å². The van der Waals surface area contributed by atoms with Crippen molar-refractivity contribution < 1.29 is 19.0 Å². The molecule has 0 atom stereocenters. The molecule has 0 radical (unpaired) electrons. The van der Waals surface area contributed by atoms with E-state index in [0.29, 0.717) is 69.3 Å². The molecule has 0 spiro atoms. The topological polar surface area (TPSA) is 48.0 Å². The predicted octanol–water partition coefficient (Wildman–Crippen LogP) is 7.64. The molecule has 0 unspecified atom stereocenters. The summed E-state index contributed by atoms with van der Waals surface area (Å²) in [6, 6.07) is 20.7. The van der Waals surface area contributed by atoms with Crippen molar-refractivity contribution in [1.82, 2.24) is 4.90 Å². The van der Waals surface area contributed by atoms with Crippen LogP contribution in [0.1, 0.15) is 24.5 Å². The molecule has 9 heteroatoms. The normalized spacial score (nSPS) is 14.4. The molecule has 1 aliphatic rings. The molecule has 5 nitrogen and oxygen atoms in total. The molecule has 0 bridgehead atoms. The lowest BCUT2D eigenvalue weighted by atomic mass is 10.1. The van der Waals surface area contributed by atoms with Crippen LogP contribution in [0.4, 0.5) is 0 Å². The van der Waals surface area contributed by atoms with Gasteiger partial charge in [0.15, 0.2) is 11.5 Å². The standard InChI is InChI=1S/C28H25Cl2NO4S2/c1-2-33-24-16-20(17-25-27(32)31(28(36)37-25)18-19-9-4-3-5-10-19)15-22(30)26(24)35-14-8-13-34-23-12-7-6-11-21(23)29/h3-7,9-12,15-17H,2,8,13-14,18H2,1H3/b25-17+. The fourth-order valence-electron chi connectivity index (χ4n) is 3.61. The Morgan fingerprint density at radius 3 is 2.41 bits per heavy atom. The zero-order valence-electron chi connectivity index (χ0n) is 20.1. The zero-order valence-corrected chi connectivity index (χ0v) is 23.3. The molecule has 0 N–H and O–H groups in total. The van der Waals surface area contributed by atoms with Crippen molar-refractivity contribution in [1.29, 1.82) is 0 Å². The van der Waals surface area contributed by atoms with Gasteiger partial charge in [-0.2, -0.15) is 0 Å². The first kappa shape index (κ1) is 27.3. The highest BCUT2D eigenvalue weighted by atomic mass is 35.5. The molecule has 0 saturated carbocycles. The van der Waals surface area contributed by atoms with Crippen molar-refractivity contribution in [2.45, 2.75) is 19.9 Å². The third-order valence-corrected chi connectivity index (χ3v) is 7.29. The van der Waals surface area contributed by atoms with Gasteiger partial charge in [-0.25, -0.2) is 0 Å². The molecular formula is C28H25Cl2NO4S2. The van der Waals surface area contributed by atoms with Crippen LogP contribution in [0, 0.1) is 0 Å². The Morgan fingerprint density at radius 1 is 0.919 bits per heavy atom. The van der Waals surface area contributed by atoms with Gasteiger partial charge in [0, 0.05) is 6.42 Å². The quantitative estimate of drug-likeness (QED) is 0.133. The molecule has 0 aliphatic carbocycles. The van der Waals surface area contributed by atoms with Crippen molar-refractivity contribution in [2.75, 3.05) is 19.8 Å². The third-order valence-electron chi connectivity index (χ3n) is 5.32. The minimum atomic E-state index is -0.133. The maximum atomic E-state index is 13.1. The fourth-order valence-corrected chi connectivity index (χ4v) is 5.32. The molecule has 1 amide bonds. The summed E-state index contributed by atoms with van der Waals surface area (Å²) in [4.78, 5) is 15.2. The number of carbonyl (C=O) groups is 1. The largest absolute Gasteiger partial charge is 0.492 e. The van der Waals surface area contributed by atoms with Crippen LogP contribution < -0.4 is 14.2 Å². The number of rotatable bonds is 11. The van der Waals surface area contributed by atoms with Gasteiger partial charge in [0.1, 0.15) is 10.1 Å². The molecular weight excluding hydrogens is 549 g/mol. The van der Waals surface area contributed by atoms with Crippen LogP contribution in [0.5, 0.6) is 17.2 Å². The molecule has 4 rings (SSSR count). The summed E-state index contributed by atoms with van der Waals surface area (Å²) in [7, 11) is 0. The summed E-state index contributed by atoms with van der Waals surface area (Å²) in [5, 5.41) is 0.960. The number of thiocarbonyl (C=S) groups is 1. The van der Waals surface area contributed by atoms with Crippen molar-refractivity contribution in [3.05, 3.63) is 92.8 Å². The van der Waals surface area contributed by atoms with E-state index in [9.17, 15) is 4.79 Å². The van der Waals surface area contributed by atoms with E-state index in [1.54, 1.807) is 23.1 Å². The number of amides is 1. The number of hydrogen-bond acceptors (Lipinski definition) is 6. The van der Waals surface area contributed by atoms with Crippen LogP contribution in [0.2, 0.25) is 10.0 Å².